The van der Waals surface area contributed by atoms with Gasteiger partial charge in [-0.15, -0.1) is 0 Å². The first-order chi connectivity index (χ1) is 12.2. The molecule has 0 N–H and O–H groups in total. The van der Waals surface area contributed by atoms with Crippen LogP contribution < -0.4 is 4.90 Å². The molecule has 4 rings (SSSR count). The summed E-state index contributed by atoms with van der Waals surface area (Å²) in [5, 5.41) is 4.36. The van der Waals surface area contributed by atoms with Gasteiger partial charge in [0.2, 0.25) is 0 Å². The fourth-order valence-electron chi connectivity index (χ4n) is 3.89. The fraction of sp³-hybridized carbons (Fsp3) is 0.526. The smallest absolute Gasteiger partial charge is 0.255 e. The summed E-state index contributed by atoms with van der Waals surface area (Å²) in [5.41, 5.74) is 1.84. The number of aryl methyl sites for hydroxylation is 1. The molecule has 2 aromatic rings. The van der Waals surface area contributed by atoms with Crippen LogP contribution in [0.4, 0.5) is 5.82 Å². The molecule has 0 bridgehead atoms. The van der Waals surface area contributed by atoms with E-state index in [-0.39, 0.29) is 11.9 Å². The predicted molar refractivity (Wildman–Crippen MR) is 96.7 cm³/mol. The molecule has 0 unspecified atom stereocenters. The van der Waals surface area contributed by atoms with Gasteiger partial charge in [0, 0.05) is 32.0 Å². The zero-order valence-electron chi connectivity index (χ0n) is 14.8. The molecule has 2 aliphatic rings. The molecule has 1 atom stereocenters. The Balaban J connectivity index is 1.45. The molecule has 1 amide bonds. The van der Waals surface area contributed by atoms with E-state index in [2.05, 4.69) is 15.0 Å². The molecule has 0 spiro atoms. The topological polar surface area (TPSA) is 54.3 Å². The Hall–Kier alpha value is -2.37. The minimum atomic E-state index is 0.0897. The molecule has 0 radical (unpaired) electrons. The number of aromatic nitrogens is 3. The second-order valence-corrected chi connectivity index (χ2v) is 7.13. The average Bonchev–Trinajstić information content (AvgIpc) is 3.37. The summed E-state index contributed by atoms with van der Waals surface area (Å²) in [6, 6.07) is 4.13. The van der Waals surface area contributed by atoms with Gasteiger partial charge in [-0.2, -0.15) is 5.10 Å². The third-order valence-corrected chi connectivity index (χ3v) is 5.22. The molecule has 0 aliphatic carbocycles. The summed E-state index contributed by atoms with van der Waals surface area (Å²) in [7, 11) is 0. The van der Waals surface area contributed by atoms with Crippen molar-refractivity contribution in [3.05, 3.63) is 41.9 Å². The second kappa shape index (κ2) is 6.86. The lowest BCUT2D eigenvalue weighted by Crippen LogP contribution is -2.38. The average molecular weight is 339 g/mol. The van der Waals surface area contributed by atoms with Crippen LogP contribution in [-0.2, 0) is 6.54 Å². The normalized spacial score (nSPS) is 20.4. The molecule has 132 valence electrons. The van der Waals surface area contributed by atoms with Crippen LogP contribution in [-0.4, -0.2) is 51.2 Å². The highest BCUT2D eigenvalue weighted by atomic mass is 16.2. The predicted octanol–water partition coefficient (Wildman–Crippen LogP) is 2.49. The van der Waals surface area contributed by atoms with Crippen molar-refractivity contribution in [1.82, 2.24) is 19.7 Å². The van der Waals surface area contributed by atoms with Crippen molar-refractivity contribution in [3.63, 3.8) is 0 Å². The number of rotatable bonds is 4. The number of nitrogens with zero attached hydrogens (tertiary/aromatic N) is 5. The lowest BCUT2D eigenvalue weighted by atomic mass is 10.2. The van der Waals surface area contributed by atoms with Gasteiger partial charge in [0.1, 0.15) is 5.82 Å². The molecule has 2 saturated heterocycles. The van der Waals surface area contributed by atoms with Crippen LogP contribution in [0.15, 0.2) is 30.7 Å². The summed E-state index contributed by atoms with van der Waals surface area (Å²) in [6.45, 7) is 5.75. The summed E-state index contributed by atoms with van der Waals surface area (Å²) < 4.78 is 1.94. The number of amides is 1. The number of carbonyl (C=O) groups excluding carboxylic acids is 1. The molecule has 2 aromatic heterocycles. The van der Waals surface area contributed by atoms with E-state index >= 15 is 0 Å². The van der Waals surface area contributed by atoms with E-state index in [0.717, 1.165) is 50.4 Å². The molecule has 6 heteroatoms. The fourth-order valence-corrected chi connectivity index (χ4v) is 3.89. The Morgan fingerprint density at radius 1 is 1.16 bits per heavy atom. The van der Waals surface area contributed by atoms with Gasteiger partial charge in [-0.05, 0) is 50.3 Å². The maximum absolute atomic E-state index is 12.9. The number of anilines is 1. The summed E-state index contributed by atoms with van der Waals surface area (Å²) in [5.74, 6) is 1.07. The minimum Gasteiger partial charge on any atom is -0.357 e. The van der Waals surface area contributed by atoms with Crippen LogP contribution >= 0.6 is 0 Å². The molecular formula is C19H25N5O. The van der Waals surface area contributed by atoms with E-state index in [9.17, 15) is 4.79 Å². The largest absolute Gasteiger partial charge is 0.357 e. The van der Waals surface area contributed by atoms with E-state index < -0.39 is 0 Å². The van der Waals surface area contributed by atoms with Crippen LogP contribution in [0.25, 0.3) is 0 Å². The maximum Gasteiger partial charge on any atom is 0.255 e. The Morgan fingerprint density at radius 3 is 2.68 bits per heavy atom. The lowest BCUT2D eigenvalue weighted by Gasteiger charge is -2.25. The third-order valence-electron chi connectivity index (χ3n) is 5.22. The van der Waals surface area contributed by atoms with Gasteiger partial charge >= 0.3 is 0 Å². The Kier molecular flexibility index (Phi) is 4.42. The number of carbonyl (C=O) groups is 1. The van der Waals surface area contributed by atoms with E-state index in [1.54, 1.807) is 6.20 Å². The van der Waals surface area contributed by atoms with Crippen molar-refractivity contribution in [2.75, 3.05) is 24.5 Å². The zero-order valence-corrected chi connectivity index (χ0v) is 14.8. The van der Waals surface area contributed by atoms with Gasteiger partial charge in [-0.25, -0.2) is 4.98 Å². The summed E-state index contributed by atoms with van der Waals surface area (Å²) in [6.07, 6.45) is 10.2. The number of pyridine rings is 1. The second-order valence-electron chi connectivity index (χ2n) is 7.13. The number of hydrogen-bond donors (Lipinski definition) is 0. The molecule has 25 heavy (non-hydrogen) atoms. The van der Waals surface area contributed by atoms with Gasteiger partial charge in [0.05, 0.1) is 24.3 Å². The lowest BCUT2D eigenvalue weighted by molar-refractivity contribution is 0.0721. The van der Waals surface area contributed by atoms with Crippen LogP contribution in [0, 0.1) is 6.92 Å². The number of hydrogen-bond acceptors (Lipinski definition) is 4. The zero-order chi connectivity index (χ0) is 17.2. The van der Waals surface area contributed by atoms with Crippen molar-refractivity contribution in [2.24, 2.45) is 0 Å². The van der Waals surface area contributed by atoms with Gasteiger partial charge in [0.25, 0.3) is 5.91 Å². The monoisotopic (exact) mass is 339 g/mol. The standard InChI is InChI=1S/C19H25N5O/c1-15-11-21-23(13-15)14-17-5-4-10-24(17)19(25)16-6-7-18(20-12-16)22-8-2-3-9-22/h6-7,11-13,17H,2-5,8-10,14H2,1H3/t17-/m0/s1. The molecule has 4 heterocycles. The van der Waals surface area contributed by atoms with Gasteiger partial charge in [-0.3, -0.25) is 9.48 Å². The maximum atomic E-state index is 12.9. The minimum absolute atomic E-state index is 0.0897. The van der Waals surface area contributed by atoms with E-state index in [1.165, 1.54) is 12.8 Å². The third kappa shape index (κ3) is 3.38. The van der Waals surface area contributed by atoms with Gasteiger partial charge in [-0.1, -0.05) is 0 Å². The first-order valence-electron chi connectivity index (χ1n) is 9.22. The van der Waals surface area contributed by atoms with Crippen LogP contribution in [0.5, 0.6) is 0 Å². The number of likely N-dealkylation sites (tertiary alicyclic amines) is 1. The van der Waals surface area contributed by atoms with Crippen molar-refractivity contribution in [3.8, 4) is 0 Å². The summed E-state index contributed by atoms with van der Waals surface area (Å²) in [4.78, 5) is 21.7. The molecular weight excluding hydrogens is 314 g/mol. The van der Waals surface area contributed by atoms with Crippen molar-refractivity contribution >= 4 is 11.7 Å². The molecule has 6 nitrogen and oxygen atoms in total. The van der Waals surface area contributed by atoms with Crippen molar-refractivity contribution < 1.29 is 4.79 Å². The summed E-state index contributed by atoms with van der Waals surface area (Å²) >= 11 is 0. The SMILES string of the molecule is Cc1cnn(C[C@@H]2CCCN2C(=O)c2ccc(N3CCCC3)nc2)c1. The van der Waals surface area contributed by atoms with Crippen molar-refractivity contribution in [1.29, 1.82) is 0 Å². The highest BCUT2D eigenvalue weighted by Gasteiger charge is 2.30. The first-order valence-corrected chi connectivity index (χ1v) is 9.22. The van der Waals surface area contributed by atoms with E-state index in [0.29, 0.717) is 5.56 Å². The quantitative estimate of drug-likeness (QED) is 0.859. The molecule has 0 saturated carbocycles. The molecule has 2 aliphatic heterocycles. The Bertz CT molecular complexity index is 733. The van der Waals surface area contributed by atoms with E-state index in [4.69, 9.17) is 0 Å². The van der Waals surface area contributed by atoms with Gasteiger partial charge < -0.3 is 9.80 Å². The van der Waals surface area contributed by atoms with Crippen LogP contribution in [0.1, 0.15) is 41.6 Å². The van der Waals surface area contributed by atoms with E-state index in [1.807, 2.05) is 41.0 Å². The van der Waals surface area contributed by atoms with Crippen LogP contribution in [0.2, 0.25) is 0 Å². The highest BCUT2D eigenvalue weighted by Crippen LogP contribution is 2.23. The molecule has 0 aromatic carbocycles. The van der Waals surface area contributed by atoms with Gasteiger partial charge in [0.15, 0.2) is 0 Å². The van der Waals surface area contributed by atoms with Crippen LogP contribution in [0.3, 0.4) is 0 Å². The van der Waals surface area contributed by atoms with Crippen molar-refractivity contribution in [2.45, 2.75) is 45.2 Å². The Labute approximate surface area is 148 Å². The Morgan fingerprint density at radius 2 is 2.00 bits per heavy atom. The highest BCUT2D eigenvalue weighted by molar-refractivity contribution is 5.94. The molecule has 2 fully saturated rings. The first kappa shape index (κ1) is 16.1.